The summed E-state index contributed by atoms with van der Waals surface area (Å²) in [5.74, 6) is -0.463. The SMILES string of the molecule is CN(CCOc1ccc(Br)cc1)C(=O)c1cccnc1F. The summed E-state index contributed by atoms with van der Waals surface area (Å²) in [4.78, 5) is 16.9. The van der Waals surface area contributed by atoms with E-state index >= 15 is 0 Å². The maximum atomic E-state index is 13.4. The summed E-state index contributed by atoms with van der Waals surface area (Å²) >= 11 is 3.34. The van der Waals surface area contributed by atoms with E-state index in [0.29, 0.717) is 18.9 Å². The van der Waals surface area contributed by atoms with E-state index in [9.17, 15) is 9.18 Å². The Morgan fingerprint density at radius 1 is 1.33 bits per heavy atom. The highest BCUT2D eigenvalue weighted by Crippen LogP contribution is 2.16. The van der Waals surface area contributed by atoms with Crippen molar-refractivity contribution in [1.29, 1.82) is 0 Å². The van der Waals surface area contributed by atoms with Crippen LogP contribution < -0.4 is 4.74 Å². The zero-order valence-corrected chi connectivity index (χ0v) is 13.0. The third-order valence-electron chi connectivity index (χ3n) is 2.85. The van der Waals surface area contributed by atoms with Crippen LogP contribution in [0.2, 0.25) is 0 Å². The van der Waals surface area contributed by atoms with Crippen LogP contribution in [0.5, 0.6) is 5.75 Å². The molecule has 0 aliphatic rings. The number of likely N-dealkylation sites (N-methyl/N-ethyl adjacent to an activating group) is 1. The molecule has 110 valence electrons. The first-order valence-corrected chi connectivity index (χ1v) is 7.11. The number of rotatable bonds is 5. The van der Waals surface area contributed by atoms with E-state index in [4.69, 9.17) is 4.74 Å². The summed E-state index contributed by atoms with van der Waals surface area (Å²) in [5.41, 5.74) is -0.0383. The van der Waals surface area contributed by atoms with Gasteiger partial charge in [0.25, 0.3) is 5.91 Å². The first-order valence-electron chi connectivity index (χ1n) is 6.32. The van der Waals surface area contributed by atoms with Crippen LogP contribution in [0.25, 0.3) is 0 Å². The van der Waals surface area contributed by atoms with Crippen molar-refractivity contribution in [2.45, 2.75) is 0 Å². The van der Waals surface area contributed by atoms with Crippen LogP contribution >= 0.6 is 15.9 Å². The minimum Gasteiger partial charge on any atom is -0.492 e. The summed E-state index contributed by atoms with van der Waals surface area (Å²) < 4.78 is 19.9. The highest BCUT2D eigenvalue weighted by atomic mass is 79.9. The summed E-state index contributed by atoms with van der Waals surface area (Å²) in [6.45, 7) is 0.676. The number of carbonyl (C=O) groups is 1. The lowest BCUT2D eigenvalue weighted by Crippen LogP contribution is -2.31. The zero-order valence-electron chi connectivity index (χ0n) is 11.4. The number of ether oxygens (including phenoxy) is 1. The maximum absolute atomic E-state index is 13.4. The van der Waals surface area contributed by atoms with Gasteiger partial charge in [0.1, 0.15) is 12.4 Å². The molecule has 6 heteroatoms. The van der Waals surface area contributed by atoms with Gasteiger partial charge in [0, 0.05) is 17.7 Å². The Morgan fingerprint density at radius 3 is 2.71 bits per heavy atom. The van der Waals surface area contributed by atoms with Gasteiger partial charge in [-0.05, 0) is 36.4 Å². The van der Waals surface area contributed by atoms with E-state index in [2.05, 4.69) is 20.9 Å². The second-order valence-corrected chi connectivity index (χ2v) is 5.29. The molecule has 1 amide bonds. The van der Waals surface area contributed by atoms with Crippen molar-refractivity contribution in [2.24, 2.45) is 0 Å². The van der Waals surface area contributed by atoms with E-state index in [1.165, 1.54) is 23.2 Å². The van der Waals surface area contributed by atoms with Crippen molar-refractivity contribution in [1.82, 2.24) is 9.88 Å². The molecule has 0 bridgehead atoms. The smallest absolute Gasteiger partial charge is 0.258 e. The molecule has 21 heavy (non-hydrogen) atoms. The van der Waals surface area contributed by atoms with Gasteiger partial charge in [-0.15, -0.1) is 0 Å². The van der Waals surface area contributed by atoms with E-state index in [1.54, 1.807) is 7.05 Å². The Balaban J connectivity index is 1.87. The molecule has 0 aliphatic carbocycles. The van der Waals surface area contributed by atoms with Gasteiger partial charge in [-0.3, -0.25) is 4.79 Å². The molecule has 0 aliphatic heterocycles. The fourth-order valence-electron chi connectivity index (χ4n) is 1.68. The number of hydrogen-bond donors (Lipinski definition) is 0. The molecule has 2 aromatic rings. The molecule has 0 N–H and O–H groups in total. The van der Waals surface area contributed by atoms with Crippen LogP contribution in [0.3, 0.4) is 0 Å². The third kappa shape index (κ3) is 4.26. The fraction of sp³-hybridized carbons (Fsp3) is 0.200. The van der Waals surface area contributed by atoms with Crippen LogP contribution in [0.1, 0.15) is 10.4 Å². The largest absolute Gasteiger partial charge is 0.492 e. The quantitative estimate of drug-likeness (QED) is 0.776. The van der Waals surface area contributed by atoms with Crippen molar-refractivity contribution >= 4 is 21.8 Å². The van der Waals surface area contributed by atoms with Gasteiger partial charge in [-0.1, -0.05) is 15.9 Å². The first-order chi connectivity index (χ1) is 10.1. The van der Waals surface area contributed by atoms with Crippen LogP contribution in [0.15, 0.2) is 47.1 Å². The number of amides is 1. The molecule has 0 saturated carbocycles. The summed E-state index contributed by atoms with van der Waals surface area (Å²) in [5, 5.41) is 0. The topological polar surface area (TPSA) is 42.4 Å². The number of halogens is 2. The second-order valence-electron chi connectivity index (χ2n) is 4.37. The normalized spacial score (nSPS) is 10.2. The molecule has 1 heterocycles. The van der Waals surface area contributed by atoms with Crippen molar-refractivity contribution in [3.8, 4) is 5.75 Å². The molecule has 0 saturated heterocycles. The lowest BCUT2D eigenvalue weighted by Gasteiger charge is -2.17. The number of nitrogens with zero attached hydrogens (tertiary/aromatic N) is 2. The van der Waals surface area contributed by atoms with Gasteiger partial charge in [-0.25, -0.2) is 4.98 Å². The van der Waals surface area contributed by atoms with Gasteiger partial charge in [0.2, 0.25) is 5.95 Å². The van der Waals surface area contributed by atoms with Crippen LogP contribution in [0, 0.1) is 5.95 Å². The van der Waals surface area contributed by atoms with E-state index in [0.717, 1.165) is 4.47 Å². The molecule has 4 nitrogen and oxygen atoms in total. The molecular weight excluding hydrogens is 339 g/mol. The van der Waals surface area contributed by atoms with Gasteiger partial charge in [-0.2, -0.15) is 4.39 Å². The Hall–Kier alpha value is -1.95. The molecular formula is C15H14BrFN2O2. The van der Waals surface area contributed by atoms with Crippen LogP contribution in [-0.2, 0) is 0 Å². The van der Waals surface area contributed by atoms with Crippen molar-refractivity contribution in [3.63, 3.8) is 0 Å². The van der Waals surface area contributed by atoms with Gasteiger partial charge in [0.05, 0.1) is 12.1 Å². The molecule has 0 radical (unpaired) electrons. The number of benzene rings is 1. The second kappa shape index (κ2) is 7.17. The average Bonchev–Trinajstić information content (AvgIpc) is 2.49. The van der Waals surface area contributed by atoms with Crippen molar-refractivity contribution in [3.05, 3.63) is 58.6 Å². The average molecular weight is 353 g/mol. The minimum absolute atomic E-state index is 0.0383. The first kappa shape index (κ1) is 15.4. The Bertz CT molecular complexity index is 619. The number of pyridine rings is 1. The van der Waals surface area contributed by atoms with E-state index in [1.807, 2.05) is 24.3 Å². The molecule has 1 aromatic carbocycles. The van der Waals surface area contributed by atoms with Crippen molar-refractivity contribution < 1.29 is 13.9 Å². The fourth-order valence-corrected chi connectivity index (χ4v) is 1.95. The molecule has 0 spiro atoms. The third-order valence-corrected chi connectivity index (χ3v) is 3.37. The number of carbonyl (C=O) groups excluding carboxylic acids is 1. The van der Waals surface area contributed by atoms with Gasteiger partial charge < -0.3 is 9.64 Å². The van der Waals surface area contributed by atoms with Gasteiger partial charge >= 0.3 is 0 Å². The molecule has 0 unspecified atom stereocenters. The van der Waals surface area contributed by atoms with Crippen LogP contribution in [0.4, 0.5) is 4.39 Å². The van der Waals surface area contributed by atoms with Crippen molar-refractivity contribution in [2.75, 3.05) is 20.2 Å². The Kier molecular flexibility index (Phi) is 5.27. The standard InChI is InChI=1S/C15H14BrFN2O2/c1-19(15(20)13-3-2-8-18-14(13)17)9-10-21-12-6-4-11(16)5-7-12/h2-8H,9-10H2,1H3. The predicted octanol–water partition coefficient (Wildman–Crippen LogP) is 3.13. The Labute approximate surface area is 130 Å². The molecule has 0 atom stereocenters. The zero-order chi connectivity index (χ0) is 15.2. The summed E-state index contributed by atoms with van der Waals surface area (Å²) in [6, 6.07) is 10.3. The molecule has 2 rings (SSSR count). The van der Waals surface area contributed by atoms with Crippen LogP contribution in [-0.4, -0.2) is 36.0 Å². The molecule has 0 fully saturated rings. The summed E-state index contributed by atoms with van der Waals surface area (Å²) in [7, 11) is 1.60. The minimum atomic E-state index is -0.761. The highest BCUT2D eigenvalue weighted by Gasteiger charge is 2.16. The van der Waals surface area contributed by atoms with Gasteiger partial charge in [0.15, 0.2) is 0 Å². The maximum Gasteiger partial charge on any atom is 0.258 e. The lowest BCUT2D eigenvalue weighted by molar-refractivity contribution is 0.0768. The predicted molar refractivity (Wildman–Crippen MR) is 80.8 cm³/mol. The number of aromatic nitrogens is 1. The molecule has 1 aromatic heterocycles. The Morgan fingerprint density at radius 2 is 2.05 bits per heavy atom. The summed E-state index contributed by atoms with van der Waals surface area (Å²) in [6.07, 6.45) is 1.31. The highest BCUT2D eigenvalue weighted by molar-refractivity contribution is 9.10. The van der Waals surface area contributed by atoms with E-state index < -0.39 is 11.9 Å². The monoisotopic (exact) mass is 352 g/mol. The van der Waals surface area contributed by atoms with E-state index in [-0.39, 0.29) is 5.56 Å². The lowest BCUT2D eigenvalue weighted by atomic mass is 10.2. The number of hydrogen-bond acceptors (Lipinski definition) is 3.